The molecule has 1 heterocycles. The SMILES string of the molecule is COc1ccccc1CNc1cc(C(F)(F)F)ccn1. The minimum absolute atomic E-state index is 0.172. The smallest absolute Gasteiger partial charge is 0.416 e. The number of para-hydroxylation sites is 1. The fourth-order valence-electron chi connectivity index (χ4n) is 1.74. The van der Waals surface area contributed by atoms with E-state index in [1.54, 1.807) is 13.2 Å². The molecular formula is C14H13F3N2O. The highest BCUT2D eigenvalue weighted by molar-refractivity contribution is 5.42. The van der Waals surface area contributed by atoms with Crippen molar-refractivity contribution in [3.63, 3.8) is 0 Å². The van der Waals surface area contributed by atoms with Crippen LogP contribution >= 0.6 is 0 Å². The first kappa shape index (κ1) is 14.2. The Morgan fingerprint density at radius 2 is 1.95 bits per heavy atom. The monoisotopic (exact) mass is 282 g/mol. The summed E-state index contributed by atoms with van der Waals surface area (Å²) >= 11 is 0. The van der Waals surface area contributed by atoms with E-state index in [-0.39, 0.29) is 5.82 Å². The summed E-state index contributed by atoms with van der Waals surface area (Å²) < 4.78 is 42.9. The Labute approximate surface area is 114 Å². The molecule has 0 spiro atoms. The zero-order valence-corrected chi connectivity index (χ0v) is 10.7. The van der Waals surface area contributed by atoms with Gasteiger partial charge in [-0.25, -0.2) is 4.98 Å². The molecule has 1 N–H and O–H groups in total. The molecule has 1 aromatic heterocycles. The second-order valence-electron chi connectivity index (χ2n) is 4.09. The summed E-state index contributed by atoms with van der Waals surface area (Å²) in [6.45, 7) is 0.332. The van der Waals surface area contributed by atoms with E-state index in [1.165, 1.54) is 0 Å². The zero-order valence-electron chi connectivity index (χ0n) is 10.7. The van der Waals surface area contributed by atoms with Gasteiger partial charge in [0.2, 0.25) is 0 Å². The summed E-state index contributed by atoms with van der Waals surface area (Å²) in [5, 5.41) is 2.86. The number of anilines is 1. The van der Waals surface area contributed by atoms with Gasteiger partial charge in [0, 0.05) is 18.3 Å². The average molecular weight is 282 g/mol. The summed E-state index contributed by atoms with van der Waals surface area (Å²) in [6, 6.07) is 9.20. The first-order chi connectivity index (χ1) is 9.50. The largest absolute Gasteiger partial charge is 0.496 e. The molecule has 0 amide bonds. The third-order valence-corrected chi connectivity index (χ3v) is 2.74. The number of nitrogens with one attached hydrogen (secondary N) is 1. The van der Waals surface area contributed by atoms with E-state index in [9.17, 15) is 13.2 Å². The Hall–Kier alpha value is -2.24. The molecule has 0 atom stereocenters. The minimum Gasteiger partial charge on any atom is -0.496 e. The molecule has 0 radical (unpaired) electrons. The highest BCUT2D eigenvalue weighted by atomic mass is 19.4. The Morgan fingerprint density at radius 3 is 2.65 bits per heavy atom. The number of hydrogen-bond acceptors (Lipinski definition) is 3. The molecule has 0 fully saturated rings. The second-order valence-corrected chi connectivity index (χ2v) is 4.09. The number of benzene rings is 1. The van der Waals surface area contributed by atoms with Crippen molar-refractivity contribution >= 4 is 5.82 Å². The molecule has 2 rings (SSSR count). The van der Waals surface area contributed by atoms with Crippen LogP contribution in [0.1, 0.15) is 11.1 Å². The van der Waals surface area contributed by atoms with E-state index in [0.717, 1.165) is 23.9 Å². The van der Waals surface area contributed by atoms with Gasteiger partial charge in [0.25, 0.3) is 0 Å². The lowest BCUT2D eigenvalue weighted by molar-refractivity contribution is -0.137. The minimum atomic E-state index is -4.37. The third kappa shape index (κ3) is 3.40. The number of hydrogen-bond donors (Lipinski definition) is 1. The summed E-state index contributed by atoms with van der Waals surface area (Å²) in [5.74, 6) is 0.845. The van der Waals surface area contributed by atoms with Crippen molar-refractivity contribution in [2.75, 3.05) is 12.4 Å². The first-order valence-corrected chi connectivity index (χ1v) is 5.89. The maximum Gasteiger partial charge on any atom is 0.416 e. The van der Waals surface area contributed by atoms with Gasteiger partial charge in [-0.05, 0) is 18.2 Å². The van der Waals surface area contributed by atoms with E-state index >= 15 is 0 Å². The number of nitrogens with zero attached hydrogens (tertiary/aromatic N) is 1. The molecule has 6 heteroatoms. The molecule has 0 aliphatic heterocycles. The van der Waals surface area contributed by atoms with Crippen molar-refractivity contribution in [3.8, 4) is 5.75 Å². The topological polar surface area (TPSA) is 34.1 Å². The van der Waals surface area contributed by atoms with Crippen molar-refractivity contribution < 1.29 is 17.9 Å². The second kappa shape index (κ2) is 5.81. The average Bonchev–Trinajstić information content (AvgIpc) is 2.45. The molecule has 3 nitrogen and oxygen atoms in total. The number of pyridine rings is 1. The third-order valence-electron chi connectivity index (χ3n) is 2.74. The van der Waals surface area contributed by atoms with Gasteiger partial charge in [-0.2, -0.15) is 13.2 Å². The number of aromatic nitrogens is 1. The first-order valence-electron chi connectivity index (χ1n) is 5.89. The lowest BCUT2D eigenvalue weighted by Gasteiger charge is -2.11. The molecular weight excluding hydrogens is 269 g/mol. The van der Waals surface area contributed by atoms with E-state index in [1.807, 2.05) is 18.2 Å². The Balaban J connectivity index is 2.11. The van der Waals surface area contributed by atoms with Crippen molar-refractivity contribution in [1.82, 2.24) is 4.98 Å². The van der Waals surface area contributed by atoms with Gasteiger partial charge in [-0.3, -0.25) is 0 Å². The van der Waals surface area contributed by atoms with Crippen LogP contribution in [0.3, 0.4) is 0 Å². The summed E-state index contributed by atoms with van der Waals surface area (Å²) in [7, 11) is 1.54. The number of methoxy groups -OCH3 is 1. The van der Waals surface area contributed by atoms with Crippen LogP contribution in [0.15, 0.2) is 42.6 Å². The van der Waals surface area contributed by atoms with Gasteiger partial charge >= 0.3 is 6.18 Å². The van der Waals surface area contributed by atoms with Crippen LogP contribution in [0.25, 0.3) is 0 Å². The molecule has 0 aliphatic carbocycles. The Bertz CT molecular complexity index is 585. The number of rotatable bonds is 4. The van der Waals surface area contributed by atoms with Gasteiger partial charge in [0.15, 0.2) is 0 Å². The summed E-state index contributed by atoms with van der Waals surface area (Å²) in [5.41, 5.74) is 0.115. The molecule has 0 bridgehead atoms. The van der Waals surface area contributed by atoms with E-state index in [0.29, 0.717) is 12.3 Å². The maximum absolute atomic E-state index is 12.6. The maximum atomic E-state index is 12.6. The lowest BCUT2D eigenvalue weighted by atomic mass is 10.2. The number of halogens is 3. The fraction of sp³-hybridized carbons (Fsp3) is 0.214. The highest BCUT2D eigenvalue weighted by Gasteiger charge is 2.30. The van der Waals surface area contributed by atoms with Gasteiger partial charge in [0.1, 0.15) is 11.6 Å². The van der Waals surface area contributed by atoms with Gasteiger partial charge in [0.05, 0.1) is 12.7 Å². The van der Waals surface area contributed by atoms with Crippen LogP contribution in [0, 0.1) is 0 Å². The normalized spacial score (nSPS) is 11.2. The molecule has 0 saturated carbocycles. The van der Waals surface area contributed by atoms with E-state index < -0.39 is 11.7 Å². The van der Waals surface area contributed by atoms with Crippen molar-refractivity contribution in [2.45, 2.75) is 12.7 Å². The van der Waals surface area contributed by atoms with Gasteiger partial charge < -0.3 is 10.1 Å². The van der Waals surface area contributed by atoms with Crippen LogP contribution in [-0.2, 0) is 12.7 Å². The molecule has 1 aromatic carbocycles. The Kier molecular flexibility index (Phi) is 4.12. The molecule has 0 saturated heterocycles. The van der Waals surface area contributed by atoms with Crippen LogP contribution in [-0.4, -0.2) is 12.1 Å². The summed E-state index contributed by atoms with van der Waals surface area (Å²) in [4.78, 5) is 3.87. The highest BCUT2D eigenvalue weighted by Crippen LogP contribution is 2.30. The standard InChI is InChI=1S/C14H13F3N2O/c1-20-12-5-3-2-4-10(12)9-19-13-8-11(6-7-18-13)14(15,16)17/h2-8H,9H2,1H3,(H,18,19). The molecule has 20 heavy (non-hydrogen) atoms. The molecule has 106 valence electrons. The van der Waals surface area contributed by atoms with E-state index in [2.05, 4.69) is 10.3 Å². The fourth-order valence-corrected chi connectivity index (χ4v) is 1.74. The Morgan fingerprint density at radius 1 is 1.20 bits per heavy atom. The predicted molar refractivity (Wildman–Crippen MR) is 69.6 cm³/mol. The lowest BCUT2D eigenvalue weighted by Crippen LogP contribution is -2.08. The quantitative estimate of drug-likeness (QED) is 0.928. The zero-order chi connectivity index (χ0) is 14.6. The molecule has 0 unspecified atom stereocenters. The molecule has 0 aliphatic rings. The van der Waals surface area contributed by atoms with Crippen LogP contribution in [0.5, 0.6) is 5.75 Å². The number of alkyl halides is 3. The predicted octanol–water partition coefficient (Wildman–Crippen LogP) is 3.72. The van der Waals surface area contributed by atoms with Gasteiger partial charge in [-0.15, -0.1) is 0 Å². The van der Waals surface area contributed by atoms with Crippen LogP contribution < -0.4 is 10.1 Å². The van der Waals surface area contributed by atoms with Crippen molar-refractivity contribution in [1.29, 1.82) is 0 Å². The summed E-state index contributed by atoms with van der Waals surface area (Å²) in [6.07, 6.45) is -3.24. The number of ether oxygens (including phenoxy) is 1. The van der Waals surface area contributed by atoms with Gasteiger partial charge in [-0.1, -0.05) is 18.2 Å². The van der Waals surface area contributed by atoms with Crippen LogP contribution in [0.2, 0.25) is 0 Å². The van der Waals surface area contributed by atoms with Crippen LogP contribution in [0.4, 0.5) is 19.0 Å². The van der Waals surface area contributed by atoms with Crippen molar-refractivity contribution in [3.05, 3.63) is 53.7 Å². The van der Waals surface area contributed by atoms with Crippen molar-refractivity contribution in [2.24, 2.45) is 0 Å². The molecule has 2 aromatic rings. The van der Waals surface area contributed by atoms with E-state index in [4.69, 9.17) is 4.74 Å².